The Labute approximate surface area is 382 Å². The number of phosphoric ester groups is 1. The van der Waals surface area contributed by atoms with Crippen LogP contribution in [0.1, 0.15) is 117 Å². The van der Waals surface area contributed by atoms with Gasteiger partial charge in [0.25, 0.3) is 0 Å². The molecule has 64 heavy (non-hydrogen) atoms. The van der Waals surface area contributed by atoms with Crippen LogP contribution < -0.4 is 5.73 Å². The van der Waals surface area contributed by atoms with E-state index in [-0.39, 0.29) is 12.8 Å². The van der Waals surface area contributed by atoms with E-state index in [0.717, 1.165) is 57.8 Å². The molecule has 1 unspecified atom stereocenters. The molecule has 0 aliphatic carbocycles. The number of carbonyl (C=O) groups is 3. The largest absolute Gasteiger partial charge is 0.480 e. The van der Waals surface area contributed by atoms with Crippen LogP contribution in [0.3, 0.4) is 0 Å². The molecular formula is C50H76NO12P. The average Bonchev–Trinajstić information content (AvgIpc) is 3.26. The summed E-state index contributed by atoms with van der Waals surface area (Å²) in [5, 5.41) is 28.9. The van der Waals surface area contributed by atoms with Crippen molar-refractivity contribution >= 4 is 25.7 Å². The molecule has 14 heteroatoms. The van der Waals surface area contributed by atoms with Gasteiger partial charge in [0.05, 0.1) is 25.4 Å². The van der Waals surface area contributed by atoms with E-state index in [1.165, 1.54) is 0 Å². The third-order valence-electron chi connectivity index (χ3n) is 8.57. The van der Waals surface area contributed by atoms with Crippen LogP contribution >= 0.6 is 7.82 Å². The number of ether oxygens (including phenoxy) is 2. The highest BCUT2D eigenvalue weighted by Crippen LogP contribution is 2.43. The number of phosphoric acid groups is 1. The SMILES string of the molecule is CC/C=C\C/C=C\C/C=C\C/C=C\C/C=C\CCCCCC(=O)O[C@H](COC(=O)CCC/C=C\[C@H](O)/C=C/C=C\C/C=C\C=C\[C@H](O)C/C=C\CC)COP(=O)(O)OC[C@H](N)C(=O)O. The van der Waals surface area contributed by atoms with Gasteiger partial charge in [0.1, 0.15) is 12.6 Å². The first kappa shape index (κ1) is 59.5. The molecule has 5 atom stereocenters. The molecule has 0 rings (SSSR count). The molecule has 6 N–H and O–H groups in total. The van der Waals surface area contributed by atoms with Crippen LogP contribution in [0.5, 0.6) is 0 Å². The second-order valence-electron chi connectivity index (χ2n) is 14.5. The first-order valence-corrected chi connectivity index (χ1v) is 23.9. The van der Waals surface area contributed by atoms with Crippen LogP contribution in [0.25, 0.3) is 0 Å². The van der Waals surface area contributed by atoms with Gasteiger partial charge in [0.15, 0.2) is 6.10 Å². The maximum Gasteiger partial charge on any atom is 0.472 e. The summed E-state index contributed by atoms with van der Waals surface area (Å²) in [6.45, 7) is 2.24. The quantitative estimate of drug-likeness (QED) is 0.0128. The van der Waals surface area contributed by atoms with Gasteiger partial charge in [-0.15, -0.1) is 0 Å². The maximum atomic E-state index is 12.6. The van der Waals surface area contributed by atoms with E-state index >= 15 is 0 Å². The van der Waals surface area contributed by atoms with Crippen molar-refractivity contribution in [1.29, 1.82) is 0 Å². The first-order valence-electron chi connectivity index (χ1n) is 22.4. The van der Waals surface area contributed by atoms with E-state index in [1.54, 1.807) is 30.4 Å². The number of nitrogens with two attached hydrogens (primary N) is 1. The highest BCUT2D eigenvalue weighted by molar-refractivity contribution is 7.47. The molecule has 0 aliphatic rings. The van der Waals surface area contributed by atoms with Gasteiger partial charge in [-0.3, -0.25) is 23.4 Å². The minimum absolute atomic E-state index is 0.0185. The highest BCUT2D eigenvalue weighted by atomic mass is 31.2. The number of rotatable bonds is 39. The lowest BCUT2D eigenvalue weighted by Crippen LogP contribution is -2.34. The Balaban J connectivity index is 4.68. The number of esters is 2. The number of carbonyl (C=O) groups excluding carboxylic acids is 2. The summed E-state index contributed by atoms with van der Waals surface area (Å²) < 4.78 is 32.5. The van der Waals surface area contributed by atoms with Crippen molar-refractivity contribution in [3.05, 3.63) is 134 Å². The molecule has 0 radical (unpaired) electrons. The zero-order chi connectivity index (χ0) is 47.4. The molecule has 0 aliphatic heterocycles. The molecule has 0 aromatic heterocycles. The lowest BCUT2D eigenvalue weighted by atomic mass is 10.1. The molecule has 0 heterocycles. The Hall–Kier alpha value is -4.46. The van der Waals surface area contributed by atoms with Gasteiger partial charge in [-0.2, -0.15) is 0 Å². The summed E-state index contributed by atoms with van der Waals surface area (Å²) in [6, 6.07) is -1.57. The summed E-state index contributed by atoms with van der Waals surface area (Å²) in [4.78, 5) is 46.0. The van der Waals surface area contributed by atoms with Gasteiger partial charge in [-0.1, -0.05) is 154 Å². The summed E-state index contributed by atoms with van der Waals surface area (Å²) in [6.07, 6.45) is 51.6. The predicted octanol–water partition coefficient (Wildman–Crippen LogP) is 10.1. The minimum atomic E-state index is -4.79. The van der Waals surface area contributed by atoms with Crippen molar-refractivity contribution < 1.29 is 57.7 Å². The molecule has 0 fully saturated rings. The van der Waals surface area contributed by atoms with Crippen molar-refractivity contribution in [3.63, 3.8) is 0 Å². The van der Waals surface area contributed by atoms with E-state index < -0.39 is 69.9 Å². The number of aliphatic carboxylic acids is 1. The molecule has 0 saturated carbocycles. The Morgan fingerprint density at radius 3 is 1.73 bits per heavy atom. The zero-order valence-corrected chi connectivity index (χ0v) is 38.9. The van der Waals surface area contributed by atoms with Gasteiger partial charge in [0.2, 0.25) is 0 Å². The van der Waals surface area contributed by atoms with E-state index in [9.17, 15) is 34.1 Å². The molecule has 0 aromatic rings. The van der Waals surface area contributed by atoms with Gasteiger partial charge in [0, 0.05) is 12.8 Å². The molecule has 13 nitrogen and oxygen atoms in total. The van der Waals surface area contributed by atoms with E-state index in [0.29, 0.717) is 32.1 Å². The van der Waals surface area contributed by atoms with Crippen LogP contribution in [0, 0.1) is 0 Å². The lowest BCUT2D eigenvalue weighted by Gasteiger charge is -2.20. The smallest absolute Gasteiger partial charge is 0.472 e. The zero-order valence-electron chi connectivity index (χ0n) is 38.0. The van der Waals surface area contributed by atoms with E-state index in [1.807, 2.05) is 49.5 Å². The number of unbranched alkanes of at least 4 members (excludes halogenated alkanes) is 4. The van der Waals surface area contributed by atoms with Gasteiger partial charge in [-0.25, -0.2) is 4.57 Å². The number of carboxylic acids is 1. The normalized spacial score (nSPS) is 15.8. The topological polar surface area (TPSA) is 212 Å². The van der Waals surface area contributed by atoms with Crippen LogP contribution in [0.2, 0.25) is 0 Å². The summed E-state index contributed by atoms with van der Waals surface area (Å²) >= 11 is 0. The molecule has 0 aromatic carbocycles. The van der Waals surface area contributed by atoms with E-state index in [2.05, 4.69) is 72.2 Å². The number of carboxylic acid groups (broad SMARTS) is 1. The minimum Gasteiger partial charge on any atom is -0.480 e. The molecule has 0 saturated heterocycles. The monoisotopic (exact) mass is 914 g/mol. The fourth-order valence-electron chi connectivity index (χ4n) is 5.06. The summed E-state index contributed by atoms with van der Waals surface area (Å²) in [5.41, 5.74) is 5.32. The van der Waals surface area contributed by atoms with Crippen LogP contribution in [0.15, 0.2) is 134 Å². The number of aliphatic hydroxyl groups excluding tert-OH is 2. The molecule has 358 valence electrons. The van der Waals surface area contributed by atoms with Crippen LogP contribution in [-0.4, -0.2) is 82.3 Å². The molecular weight excluding hydrogens is 838 g/mol. The second kappa shape index (κ2) is 42.5. The Kier molecular flexibility index (Phi) is 39.5. The third-order valence-corrected chi connectivity index (χ3v) is 9.52. The van der Waals surface area contributed by atoms with E-state index in [4.69, 9.17) is 24.8 Å². The van der Waals surface area contributed by atoms with Gasteiger partial charge in [-0.05, 0) is 83.5 Å². The third kappa shape index (κ3) is 41.5. The Bertz CT molecular complexity index is 1620. The van der Waals surface area contributed by atoms with Crippen LogP contribution in [0.4, 0.5) is 0 Å². The average molecular weight is 914 g/mol. The van der Waals surface area contributed by atoms with Crippen molar-refractivity contribution in [3.8, 4) is 0 Å². The van der Waals surface area contributed by atoms with Crippen LogP contribution in [-0.2, 0) is 37.5 Å². The summed E-state index contributed by atoms with van der Waals surface area (Å²) in [7, 11) is -4.79. The predicted molar refractivity (Wildman–Crippen MR) is 256 cm³/mol. The van der Waals surface area contributed by atoms with Crippen molar-refractivity contribution in [1.82, 2.24) is 0 Å². The fourth-order valence-corrected chi connectivity index (χ4v) is 5.84. The maximum absolute atomic E-state index is 12.6. The number of hydrogen-bond donors (Lipinski definition) is 5. The van der Waals surface area contributed by atoms with Gasteiger partial charge < -0.3 is 35.4 Å². The molecule has 0 bridgehead atoms. The highest BCUT2D eigenvalue weighted by Gasteiger charge is 2.28. The number of aliphatic hydroxyl groups is 2. The van der Waals surface area contributed by atoms with Crippen molar-refractivity contribution in [2.75, 3.05) is 19.8 Å². The second-order valence-corrected chi connectivity index (χ2v) is 15.9. The summed E-state index contributed by atoms with van der Waals surface area (Å²) in [5.74, 6) is -2.65. The fraction of sp³-hybridized carbons (Fsp3) is 0.500. The van der Waals surface area contributed by atoms with Gasteiger partial charge >= 0.3 is 25.7 Å². The number of allylic oxidation sites excluding steroid dienone is 18. The lowest BCUT2D eigenvalue weighted by molar-refractivity contribution is -0.161. The first-order chi connectivity index (χ1) is 30.9. The number of hydrogen-bond acceptors (Lipinski definition) is 11. The Morgan fingerprint density at radius 2 is 1.11 bits per heavy atom. The van der Waals surface area contributed by atoms with Crippen molar-refractivity contribution in [2.24, 2.45) is 5.73 Å². The molecule has 0 spiro atoms. The molecule has 0 amide bonds. The van der Waals surface area contributed by atoms with Crippen molar-refractivity contribution in [2.45, 2.75) is 141 Å². The standard InChI is InChI=1S/C50H76NO12P/c1-3-5-7-8-9-10-11-12-13-14-15-16-17-18-19-20-24-27-33-40-49(55)63-46(42-61-64(58,59)62-43-47(51)50(56)57)41-60-48(54)39-34-28-32-38-45(53)37-31-26-23-21-22-25-30-36-44(52)35-29-6-4-2/h5-7,9-10,12-13,15-16,18-19,22-23,25-26,29-32,36-38,44-47,52-53H,3-4,8,11,14,17,20-21,24,27-28,33-35,39-43,51H2,1-2H3,(H,56,57)(H,58,59)/b7-5-,10-9-,13-12-,16-15-,19-18-,25-22-,26-23-,29-6-,36-30+,37-31+,38-32-/t44-,45-,46-,47+/m1/s1. The Morgan fingerprint density at radius 1 is 0.578 bits per heavy atom.